The van der Waals surface area contributed by atoms with Gasteiger partial charge in [0.05, 0.1) is 6.04 Å². The first-order chi connectivity index (χ1) is 7.43. The van der Waals surface area contributed by atoms with Gasteiger partial charge in [-0.25, -0.2) is 4.79 Å². The summed E-state index contributed by atoms with van der Waals surface area (Å²) in [5.74, 6) is -1.49. The van der Waals surface area contributed by atoms with Gasteiger partial charge in [0.25, 0.3) is 0 Å². The molecule has 0 aliphatic carbocycles. The topological polar surface area (TPSA) is 92.4 Å². The predicted octanol–water partition coefficient (Wildman–Crippen LogP) is 0.729. The summed E-state index contributed by atoms with van der Waals surface area (Å²) in [5.41, 5.74) is 5.61. The zero-order valence-corrected chi connectivity index (χ0v) is 10.2. The molecule has 0 aromatic heterocycles. The minimum absolute atomic E-state index is 0.102. The third-order valence-electron chi connectivity index (χ3n) is 2.71. The van der Waals surface area contributed by atoms with Crippen molar-refractivity contribution in [3.8, 4) is 0 Å². The Labute approximate surface area is 96.4 Å². The molecule has 4 N–H and O–H groups in total. The van der Waals surface area contributed by atoms with Crippen LogP contribution >= 0.6 is 0 Å². The van der Waals surface area contributed by atoms with Crippen LogP contribution in [0.15, 0.2) is 0 Å². The van der Waals surface area contributed by atoms with Crippen LogP contribution in [0.4, 0.5) is 0 Å². The van der Waals surface area contributed by atoms with Crippen LogP contribution in [0.5, 0.6) is 0 Å². The van der Waals surface area contributed by atoms with Crippen molar-refractivity contribution in [3.05, 3.63) is 0 Å². The van der Waals surface area contributed by atoms with Crippen molar-refractivity contribution in [2.75, 3.05) is 0 Å². The Balaban J connectivity index is 4.40. The lowest BCUT2D eigenvalue weighted by Crippen LogP contribution is -2.50. The molecule has 0 aromatic carbocycles. The summed E-state index contributed by atoms with van der Waals surface area (Å²) in [6.07, 6.45) is 2.06. The van der Waals surface area contributed by atoms with Crippen molar-refractivity contribution in [1.82, 2.24) is 5.32 Å². The van der Waals surface area contributed by atoms with Crippen molar-refractivity contribution in [1.29, 1.82) is 0 Å². The van der Waals surface area contributed by atoms with Crippen molar-refractivity contribution >= 4 is 11.9 Å². The maximum atomic E-state index is 11.6. The molecule has 0 radical (unpaired) electrons. The Kier molecular flexibility index (Phi) is 6.72. The van der Waals surface area contributed by atoms with Crippen LogP contribution in [-0.2, 0) is 9.59 Å². The van der Waals surface area contributed by atoms with Gasteiger partial charge < -0.3 is 16.2 Å². The fourth-order valence-electron chi connectivity index (χ4n) is 1.39. The maximum Gasteiger partial charge on any atom is 0.326 e. The summed E-state index contributed by atoms with van der Waals surface area (Å²) < 4.78 is 0. The van der Waals surface area contributed by atoms with Gasteiger partial charge in [-0.15, -0.1) is 0 Å². The van der Waals surface area contributed by atoms with E-state index in [0.29, 0.717) is 12.8 Å². The highest BCUT2D eigenvalue weighted by atomic mass is 16.4. The predicted molar refractivity (Wildman–Crippen MR) is 61.9 cm³/mol. The van der Waals surface area contributed by atoms with E-state index in [9.17, 15) is 9.59 Å². The summed E-state index contributed by atoms with van der Waals surface area (Å²) in [4.78, 5) is 22.5. The van der Waals surface area contributed by atoms with Gasteiger partial charge in [0.1, 0.15) is 6.04 Å². The van der Waals surface area contributed by atoms with Crippen LogP contribution in [0.25, 0.3) is 0 Å². The molecule has 0 fully saturated rings. The fourth-order valence-corrected chi connectivity index (χ4v) is 1.39. The third kappa shape index (κ3) is 4.61. The van der Waals surface area contributed by atoms with Crippen LogP contribution in [0.1, 0.15) is 40.0 Å². The van der Waals surface area contributed by atoms with E-state index in [2.05, 4.69) is 5.32 Å². The number of carbonyl (C=O) groups is 2. The van der Waals surface area contributed by atoms with Gasteiger partial charge in [0.15, 0.2) is 0 Å². The lowest BCUT2D eigenvalue weighted by Gasteiger charge is -2.22. The molecule has 5 nitrogen and oxygen atoms in total. The van der Waals surface area contributed by atoms with E-state index in [0.717, 1.165) is 6.42 Å². The largest absolute Gasteiger partial charge is 0.480 e. The second-order valence-corrected chi connectivity index (χ2v) is 4.11. The van der Waals surface area contributed by atoms with Crippen LogP contribution in [-0.4, -0.2) is 29.1 Å². The number of carboxylic acids is 1. The van der Waals surface area contributed by atoms with Crippen LogP contribution < -0.4 is 11.1 Å². The SMILES string of the molecule is CCC[C@H](N)C(=O)N[C@H](C(=O)O)[C@H](C)CC. The number of amides is 1. The summed E-state index contributed by atoms with van der Waals surface area (Å²) in [6, 6.07) is -1.46. The third-order valence-corrected chi connectivity index (χ3v) is 2.71. The zero-order valence-electron chi connectivity index (χ0n) is 10.2. The van der Waals surface area contributed by atoms with Crippen molar-refractivity contribution < 1.29 is 14.7 Å². The average molecular weight is 230 g/mol. The monoisotopic (exact) mass is 230 g/mol. The Morgan fingerprint density at radius 3 is 2.31 bits per heavy atom. The molecular formula is C11H22N2O3. The van der Waals surface area contributed by atoms with Gasteiger partial charge >= 0.3 is 5.97 Å². The minimum atomic E-state index is -1.01. The first kappa shape index (κ1) is 14.9. The van der Waals surface area contributed by atoms with E-state index < -0.39 is 18.1 Å². The smallest absolute Gasteiger partial charge is 0.326 e. The Morgan fingerprint density at radius 1 is 1.38 bits per heavy atom. The highest BCUT2D eigenvalue weighted by molar-refractivity contribution is 5.86. The highest BCUT2D eigenvalue weighted by Crippen LogP contribution is 2.08. The standard InChI is InChI=1S/C11H22N2O3/c1-4-6-8(12)10(14)13-9(11(15)16)7(3)5-2/h7-9H,4-6,12H2,1-3H3,(H,13,14)(H,15,16)/t7-,8+,9+/m1/s1. The lowest BCUT2D eigenvalue weighted by atomic mass is 9.98. The second kappa shape index (κ2) is 7.22. The van der Waals surface area contributed by atoms with Crippen LogP contribution in [0.3, 0.4) is 0 Å². The average Bonchev–Trinajstić information content (AvgIpc) is 2.24. The molecule has 0 unspecified atom stereocenters. The number of aliphatic carboxylic acids is 1. The molecule has 0 aromatic rings. The lowest BCUT2D eigenvalue weighted by molar-refractivity contribution is -0.143. The number of nitrogens with two attached hydrogens (primary N) is 1. The van der Waals surface area contributed by atoms with Gasteiger partial charge in [-0.3, -0.25) is 4.79 Å². The summed E-state index contributed by atoms with van der Waals surface area (Å²) in [5, 5.41) is 11.5. The summed E-state index contributed by atoms with van der Waals surface area (Å²) in [7, 11) is 0. The number of rotatable bonds is 7. The van der Waals surface area contributed by atoms with E-state index >= 15 is 0 Å². The first-order valence-corrected chi connectivity index (χ1v) is 5.72. The maximum absolute atomic E-state index is 11.6. The zero-order chi connectivity index (χ0) is 12.7. The molecule has 0 spiro atoms. The molecule has 94 valence electrons. The Bertz CT molecular complexity index is 243. The molecule has 3 atom stereocenters. The Hall–Kier alpha value is -1.10. The normalized spacial score (nSPS) is 16.2. The molecule has 0 bridgehead atoms. The van der Waals surface area contributed by atoms with Crippen molar-refractivity contribution in [2.45, 2.75) is 52.1 Å². The van der Waals surface area contributed by atoms with Crippen LogP contribution in [0, 0.1) is 5.92 Å². The Morgan fingerprint density at radius 2 is 1.94 bits per heavy atom. The number of hydrogen-bond acceptors (Lipinski definition) is 3. The number of hydrogen-bond donors (Lipinski definition) is 3. The molecule has 0 aliphatic heterocycles. The van der Waals surface area contributed by atoms with Crippen LogP contribution in [0.2, 0.25) is 0 Å². The van der Waals surface area contributed by atoms with Crippen molar-refractivity contribution in [2.24, 2.45) is 11.7 Å². The quantitative estimate of drug-likeness (QED) is 0.601. The van der Waals surface area contributed by atoms with E-state index in [-0.39, 0.29) is 11.8 Å². The van der Waals surface area contributed by atoms with Gasteiger partial charge in [-0.1, -0.05) is 33.6 Å². The van der Waals surface area contributed by atoms with Crippen molar-refractivity contribution in [3.63, 3.8) is 0 Å². The van der Waals surface area contributed by atoms with E-state index in [4.69, 9.17) is 10.8 Å². The summed E-state index contributed by atoms with van der Waals surface area (Å²) in [6.45, 7) is 5.61. The summed E-state index contributed by atoms with van der Waals surface area (Å²) >= 11 is 0. The van der Waals surface area contributed by atoms with Gasteiger partial charge in [-0.05, 0) is 12.3 Å². The molecule has 0 heterocycles. The highest BCUT2D eigenvalue weighted by Gasteiger charge is 2.26. The number of nitrogens with one attached hydrogen (secondary N) is 1. The second-order valence-electron chi connectivity index (χ2n) is 4.11. The minimum Gasteiger partial charge on any atom is -0.480 e. The van der Waals surface area contributed by atoms with E-state index in [1.54, 1.807) is 6.92 Å². The molecule has 0 saturated carbocycles. The number of carbonyl (C=O) groups excluding carboxylic acids is 1. The molecule has 1 amide bonds. The van der Waals surface area contributed by atoms with E-state index in [1.165, 1.54) is 0 Å². The first-order valence-electron chi connectivity index (χ1n) is 5.72. The molecule has 0 aliphatic rings. The number of carboxylic acid groups (broad SMARTS) is 1. The van der Waals surface area contributed by atoms with Gasteiger partial charge in [0, 0.05) is 0 Å². The van der Waals surface area contributed by atoms with E-state index in [1.807, 2.05) is 13.8 Å². The molecule has 0 rings (SSSR count). The fraction of sp³-hybridized carbons (Fsp3) is 0.818. The molecule has 0 saturated heterocycles. The molecule has 5 heteroatoms. The molecule has 16 heavy (non-hydrogen) atoms. The van der Waals surface area contributed by atoms with Gasteiger partial charge in [-0.2, -0.15) is 0 Å². The molecular weight excluding hydrogens is 208 g/mol. The van der Waals surface area contributed by atoms with Gasteiger partial charge in [0.2, 0.25) is 5.91 Å².